The summed E-state index contributed by atoms with van der Waals surface area (Å²) in [4.78, 5) is 15.5. The van der Waals surface area contributed by atoms with E-state index in [1.165, 1.54) is 12.1 Å². The largest absolute Gasteiger partial charge is 0.384 e. The molecule has 0 atom stereocenters. The predicted octanol–water partition coefficient (Wildman–Crippen LogP) is 2.99. The summed E-state index contributed by atoms with van der Waals surface area (Å²) in [7, 11) is 0. The maximum absolute atomic E-state index is 13.4. The Morgan fingerprint density at radius 1 is 1.15 bits per heavy atom. The van der Waals surface area contributed by atoms with Gasteiger partial charge >= 0.3 is 0 Å². The number of benzene rings is 1. The van der Waals surface area contributed by atoms with Crippen LogP contribution < -0.4 is 11.1 Å². The number of carbonyl (C=O) groups is 1. The van der Waals surface area contributed by atoms with Gasteiger partial charge in [-0.3, -0.25) is 4.79 Å². The third kappa shape index (κ3) is 3.00. The average molecular weight is 302 g/mol. The Balaban J connectivity index is 2.32. The lowest BCUT2D eigenvalue weighted by molar-refractivity contribution is 0.102. The zero-order valence-electron chi connectivity index (χ0n) is 9.75. The molecule has 0 aliphatic rings. The number of amides is 1. The number of nitrogen functional groups attached to an aromatic ring is 1. The third-order valence-electron chi connectivity index (χ3n) is 2.32. The molecule has 0 saturated heterocycles. The van der Waals surface area contributed by atoms with E-state index >= 15 is 0 Å². The van der Waals surface area contributed by atoms with Crippen molar-refractivity contribution in [3.63, 3.8) is 0 Å². The predicted molar refractivity (Wildman–Crippen MR) is 67.9 cm³/mol. The van der Waals surface area contributed by atoms with Crippen LogP contribution in [-0.2, 0) is 0 Å². The maximum Gasteiger partial charge on any atom is 0.256 e. The molecule has 0 aliphatic heterocycles. The number of nitrogens with zero attached hydrogens (tertiary/aromatic N) is 1. The zero-order valence-corrected chi connectivity index (χ0v) is 10.5. The van der Waals surface area contributed by atoms with Gasteiger partial charge in [0.05, 0.1) is 0 Å². The molecule has 2 rings (SSSR count). The van der Waals surface area contributed by atoms with Crippen molar-refractivity contribution in [1.82, 2.24) is 4.98 Å². The van der Waals surface area contributed by atoms with Gasteiger partial charge in [-0.25, -0.2) is 18.2 Å². The van der Waals surface area contributed by atoms with E-state index in [-0.39, 0.29) is 16.5 Å². The fourth-order valence-electron chi connectivity index (χ4n) is 1.50. The van der Waals surface area contributed by atoms with Gasteiger partial charge in [0.15, 0.2) is 11.6 Å². The summed E-state index contributed by atoms with van der Waals surface area (Å²) in [6.45, 7) is 0. The van der Waals surface area contributed by atoms with Crippen molar-refractivity contribution >= 4 is 29.0 Å². The third-order valence-corrected chi connectivity index (χ3v) is 2.52. The number of hydrogen-bond donors (Lipinski definition) is 2. The molecule has 1 heterocycles. The number of hydrogen-bond acceptors (Lipinski definition) is 3. The van der Waals surface area contributed by atoms with E-state index < -0.39 is 29.0 Å². The van der Waals surface area contributed by atoms with Crippen molar-refractivity contribution < 1.29 is 18.0 Å². The Morgan fingerprint density at radius 2 is 1.75 bits per heavy atom. The highest BCUT2D eigenvalue weighted by Gasteiger charge is 2.16. The SMILES string of the molecule is Nc1cc(C(=O)Nc2c(F)cc(F)cc2F)cc(Cl)n1. The second kappa shape index (κ2) is 5.38. The first-order valence-electron chi connectivity index (χ1n) is 5.26. The average Bonchev–Trinajstić information content (AvgIpc) is 2.32. The minimum Gasteiger partial charge on any atom is -0.384 e. The Kier molecular flexibility index (Phi) is 3.80. The maximum atomic E-state index is 13.4. The second-order valence-corrected chi connectivity index (χ2v) is 4.19. The smallest absolute Gasteiger partial charge is 0.256 e. The number of aromatic nitrogens is 1. The van der Waals surface area contributed by atoms with Crippen molar-refractivity contribution in [3.05, 3.63) is 52.4 Å². The van der Waals surface area contributed by atoms with Crippen LogP contribution in [0.25, 0.3) is 0 Å². The number of pyridine rings is 1. The van der Waals surface area contributed by atoms with E-state index in [1.54, 1.807) is 0 Å². The van der Waals surface area contributed by atoms with Crippen LogP contribution in [0.3, 0.4) is 0 Å². The summed E-state index contributed by atoms with van der Waals surface area (Å²) in [6.07, 6.45) is 0. The number of nitrogens with two attached hydrogens (primary N) is 1. The van der Waals surface area contributed by atoms with Gasteiger partial charge in [0.1, 0.15) is 22.5 Å². The van der Waals surface area contributed by atoms with Crippen LogP contribution in [0.5, 0.6) is 0 Å². The Hall–Kier alpha value is -2.28. The minimum atomic E-state index is -1.23. The second-order valence-electron chi connectivity index (χ2n) is 3.80. The number of nitrogens with one attached hydrogen (secondary N) is 1. The van der Waals surface area contributed by atoms with Crippen LogP contribution in [-0.4, -0.2) is 10.9 Å². The number of rotatable bonds is 2. The first-order valence-corrected chi connectivity index (χ1v) is 5.63. The monoisotopic (exact) mass is 301 g/mol. The molecule has 2 aromatic rings. The first kappa shape index (κ1) is 14.1. The normalized spacial score (nSPS) is 10.4. The molecule has 1 aromatic heterocycles. The standard InChI is InChI=1S/C12H7ClF3N3O/c13-9-1-5(2-10(17)18-9)12(20)19-11-7(15)3-6(14)4-8(11)16/h1-4H,(H2,17,18)(H,19,20). The summed E-state index contributed by atoms with van der Waals surface area (Å²) in [6, 6.07) is 3.26. The van der Waals surface area contributed by atoms with E-state index in [0.717, 1.165) is 0 Å². The van der Waals surface area contributed by atoms with Gasteiger partial charge in [-0.15, -0.1) is 0 Å². The molecule has 20 heavy (non-hydrogen) atoms. The van der Waals surface area contributed by atoms with E-state index in [4.69, 9.17) is 17.3 Å². The lowest BCUT2D eigenvalue weighted by atomic mass is 10.2. The molecule has 0 spiro atoms. The summed E-state index contributed by atoms with van der Waals surface area (Å²) >= 11 is 5.61. The van der Waals surface area contributed by atoms with Crippen molar-refractivity contribution in [2.24, 2.45) is 0 Å². The fraction of sp³-hybridized carbons (Fsp3) is 0. The summed E-state index contributed by atoms with van der Waals surface area (Å²) in [5, 5.41) is 1.93. The highest BCUT2D eigenvalue weighted by atomic mass is 35.5. The molecule has 0 aliphatic carbocycles. The quantitative estimate of drug-likeness (QED) is 0.838. The molecule has 4 nitrogen and oxygen atoms in total. The first-order chi connectivity index (χ1) is 9.36. The molecular formula is C12H7ClF3N3O. The van der Waals surface area contributed by atoms with Crippen molar-refractivity contribution in [2.75, 3.05) is 11.1 Å². The summed E-state index contributed by atoms with van der Waals surface area (Å²) in [5.41, 5.74) is 4.60. The fourth-order valence-corrected chi connectivity index (χ4v) is 1.71. The summed E-state index contributed by atoms with van der Waals surface area (Å²) < 4.78 is 39.5. The van der Waals surface area contributed by atoms with Crippen LogP contribution in [0.1, 0.15) is 10.4 Å². The van der Waals surface area contributed by atoms with Crippen molar-refractivity contribution in [2.45, 2.75) is 0 Å². The Morgan fingerprint density at radius 3 is 2.30 bits per heavy atom. The van der Waals surface area contributed by atoms with Gasteiger partial charge < -0.3 is 11.1 Å². The van der Waals surface area contributed by atoms with Gasteiger partial charge in [0.2, 0.25) is 0 Å². The van der Waals surface area contributed by atoms with Gasteiger partial charge in [-0.2, -0.15) is 0 Å². The molecule has 1 aromatic carbocycles. The van der Waals surface area contributed by atoms with Crippen LogP contribution in [0.15, 0.2) is 24.3 Å². The Bertz CT molecular complexity index is 650. The molecule has 3 N–H and O–H groups in total. The Labute approximate surface area is 116 Å². The number of carbonyl (C=O) groups excluding carboxylic acids is 1. The van der Waals surface area contributed by atoms with E-state index in [2.05, 4.69) is 4.98 Å². The molecule has 104 valence electrons. The van der Waals surface area contributed by atoms with Gasteiger partial charge in [-0.05, 0) is 12.1 Å². The summed E-state index contributed by atoms with van der Waals surface area (Å²) in [5.74, 6) is -4.43. The number of anilines is 2. The van der Waals surface area contributed by atoms with Crippen LogP contribution >= 0.6 is 11.6 Å². The molecule has 0 radical (unpaired) electrons. The van der Waals surface area contributed by atoms with E-state index in [9.17, 15) is 18.0 Å². The zero-order chi connectivity index (χ0) is 14.9. The number of halogens is 4. The van der Waals surface area contributed by atoms with E-state index in [0.29, 0.717) is 12.1 Å². The van der Waals surface area contributed by atoms with E-state index in [1.807, 2.05) is 5.32 Å². The highest BCUT2D eigenvalue weighted by Crippen LogP contribution is 2.21. The molecule has 1 amide bonds. The molecule has 0 saturated carbocycles. The lowest BCUT2D eigenvalue weighted by Gasteiger charge is -2.08. The molecule has 8 heteroatoms. The highest BCUT2D eigenvalue weighted by molar-refractivity contribution is 6.30. The van der Waals surface area contributed by atoms with Crippen LogP contribution in [0, 0.1) is 17.5 Å². The molecule has 0 unspecified atom stereocenters. The van der Waals surface area contributed by atoms with Gasteiger partial charge in [0.25, 0.3) is 5.91 Å². The minimum absolute atomic E-state index is 0.0253. The van der Waals surface area contributed by atoms with Crippen LogP contribution in [0.2, 0.25) is 5.15 Å². The molecular weight excluding hydrogens is 295 g/mol. The molecule has 0 fully saturated rings. The van der Waals surface area contributed by atoms with Gasteiger partial charge in [0, 0.05) is 17.7 Å². The molecule has 0 bridgehead atoms. The van der Waals surface area contributed by atoms with Gasteiger partial charge in [-0.1, -0.05) is 11.6 Å². The van der Waals surface area contributed by atoms with Crippen LogP contribution in [0.4, 0.5) is 24.7 Å². The topological polar surface area (TPSA) is 68.0 Å². The van der Waals surface area contributed by atoms with Crippen molar-refractivity contribution in [3.8, 4) is 0 Å². The van der Waals surface area contributed by atoms with Crippen molar-refractivity contribution in [1.29, 1.82) is 0 Å². The lowest BCUT2D eigenvalue weighted by Crippen LogP contribution is -2.15.